The molecule has 0 amide bonds. The summed E-state index contributed by atoms with van der Waals surface area (Å²) in [5.41, 5.74) is 2.05. The molecule has 0 radical (unpaired) electrons. The number of fused-ring (bicyclic) bond motifs is 1. The Morgan fingerprint density at radius 1 is 1.11 bits per heavy atom. The van der Waals surface area contributed by atoms with Crippen molar-refractivity contribution in [3.8, 4) is 11.5 Å². The Hall–Kier alpha value is -1.77. The molecule has 0 fully saturated rings. The van der Waals surface area contributed by atoms with E-state index in [1.807, 2.05) is 18.3 Å². The quantitative estimate of drug-likeness (QED) is 0.631. The molecule has 0 aliphatic carbocycles. The Bertz CT molecular complexity index is 589. The first-order valence-corrected chi connectivity index (χ1v) is 6.32. The summed E-state index contributed by atoms with van der Waals surface area (Å²) in [6.07, 6.45) is 2.01. The van der Waals surface area contributed by atoms with E-state index < -0.39 is 0 Å². The number of rotatable bonds is 2. The van der Waals surface area contributed by atoms with Gasteiger partial charge in [-0.1, -0.05) is 13.8 Å². The summed E-state index contributed by atoms with van der Waals surface area (Å²) in [4.78, 5) is 0. The van der Waals surface area contributed by atoms with Crippen LogP contribution >= 0.6 is 0 Å². The van der Waals surface area contributed by atoms with Gasteiger partial charge in [0.15, 0.2) is 23.7 Å². The first-order chi connectivity index (χ1) is 8.43. The smallest absolute Gasteiger partial charge is 0.220 e. The van der Waals surface area contributed by atoms with Crippen LogP contribution in [-0.2, 0) is 0 Å². The van der Waals surface area contributed by atoms with Crippen LogP contribution in [-0.4, -0.2) is 10.2 Å². The molecule has 0 atom stereocenters. The van der Waals surface area contributed by atoms with Gasteiger partial charge in [-0.15, -0.1) is 0 Å². The lowest BCUT2D eigenvalue weighted by Gasteiger charge is -2.13. The summed E-state index contributed by atoms with van der Waals surface area (Å²) in [6, 6.07) is 5.71. The molecular weight excluding hydrogens is 226 g/mol. The highest BCUT2D eigenvalue weighted by atomic mass is 16.3. The van der Waals surface area contributed by atoms with Crippen LogP contribution in [0, 0.1) is 0 Å². The predicted octanol–water partition coefficient (Wildman–Crippen LogP) is 3.24. The van der Waals surface area contributed by atoms with Gasteiger partial charge in [-0.05, 0) is 31.9 Å². The van der Waals surface area contributed by atoms with Crippen LogP contribution in [0.5, 0.6) is 11.5 Å². The maximum atomic E-state index is 10.0. The fourth-order valence-corrected chi connectivity index (χ4v) is 2.31. The van der Waals surface area contributed by atoms with Crippen molar-refractivity contribution in [2.75, 3.05) is 0 Å². The van der Waals surface area contributed by atoms with Crippen molar-refractivity contribution >= 4 is 10.9 Å². The predicted molar refractivity (Wildman–Crippen MR) is 71.9 cm³/mol. The second-order valence-electron chi connectivity index (χ2n) is 5.26. The number of phenols is 2. The van der Waals surface area contributed by atoms with Crippen LogP contribution in [0.3, 0.4) is 0 Å². The average molecular weight is 246 g/mol. The van der Waals surface area contributed by atoms with E-state index in [2.05, 4.69) is 32.3 Å². The van der Waals surface area contributed by atoms with E-state index in [9.17, 15) is 10.2 Å². The first-order valence-electron chi connectivity index (χ1n) is 6.32. The molecule has 1 aromatic heterocycles. The van der Waals surface area contributed by atoms with Crippen LogP contribution in [0.4, 0.5) is 0 Å². The Labute approximate surface area is 107 Å². The molecule has 3 nitrogen and oxygen atoms in total. The lowest BCUT2D eigenvalue weighted by Crippen LogP contribution is -2.37. The molecule has 0 aliphatic heterocycles. The van der Waals surface area contributed by atoms with Gasteiger partial charge < -0.3 is 10.2 Å². The Balaban J connectivity index is 2.95. The summed E-state index contributed by atoms with van der Waals surface area (Å²) in [7, 11) is 0. The minimum absolute atomic E-state index is 0.0376. The number of phenolic OH excluding ortho intramolecular Hbond substituents is 2. The number of aromatic hydroxyl groups is 2. The topological polar surface area (TPSA) is 44.3 Å². The molecule has 2 aromatic rings. The third kappa shape index (κ3) is 1.90. The highest BCUT2D eigenvalue weighted by molar-refractivity contribution is 5.88. The number of benzene rings is 1. The maximum Gasteiger partial charge on any atom is 0.220 e. The zero-order chi connectivity index (χ0) is 13.4. The molecule has 1 aromatic carbocycles. The second kappa shape index (κ2) is 4.48. The minimum Gasteiger partial charge on any atom is -0.504 e. The fourth-order valence-electron chi connectivity index (χ4n) is 2.31. The lowest BCUT2D eigenvalue weighted by atomic mass is 9.97. The number of pyridine rings is 1. The number of hydrogen-bond donors (Lipinski definition) is 2. The van der Waals surface area contributed by atoms with Gasteiger partial charge in [0, 0.05) is 11.6 Å². The lowest BCUT2D eigenvalue weighted by molar-refractivity contribution is -0.691. The highest BCUT2D eigenvalue weighted by Gasteiger charge is 2.22. The molecule has 0 aliphatic rings. The first kappa shape index (κ1) is 12.7. The summed E-state index contributed by atoms with van der Waals surface area (Å²) in [6.45, 7) is 8.38. The number of hydrogen-bond acceptors (Lipinski definition) is 2. The van der Waals surface area contributed by atoms with Crippen molar-refractivity contribution in [2.24, 2.45) is 0 Å². The summed E-state index contributed by atoms with van der Waals surface area (Å²) in [5.74, 6) is 0.198. The van der Waals surface area contributed by atoms with Crippen LogP contribution in [0.25, 0.3) is 10.9 Å². The normalized spacial score (nSPS) is 11.7. The van der Waals surface area contributed by atoms with Gasteiger partial charge in [0.05, 0.1) is 5.39 Å². The largest absolute Gasteiger partial charge is 0.504 e. The van der Waals surface area contributed by atoms with Crippen molar-refractivity contribution in [1.82, 2.24) is 0 Å². The maximum absolute atomic E-state index is 10.0. The van der Waals surface area contributed by atoms with E-state index >= 15 is 0 Å². The SMILES string of the molecule is CC(C)c1cc(O)c(O)c2ccc[n+](C(C)C)c12. The highest BCUT2D eigenvalue weighted by Crippen LogP contribution is 2.37. The zero-order valence-electron chi connectivity index (χ0n) is 11.3. The van der Waals surface area contributed by atoms with Gasteiger partial charge in [0.25, 0.3) is 0 Å². The van der Waals surface area contributed by atoms with Crippen LogP contribution < -0.4 is 4.57 Å². The van der Waals surface area contributed by atoms with Gasteiger partial charge in [0.1, 0.15) is 0 Å². The molecule has 2 rings (SSSR count). The van der Waals surface area contributed by atoms with Crippen molar-refractivity contribution < 1.29 is 14.8 Å². The van der Waals surface area contributed by atoms with Gasteiger partial charge in [-0.25, -0.2) is 0 Å². The second-order valence-corrected chi connectivity index (χ2v) is 5.26. The van der Waals surface area contributed by atoms with E-state index in [1.165, 1.54) is 0 Å². The summed E-state index contributed by atoms with van der Waals surface area (Å²) >= 11 is 0. The Kier molecular flexibility index (Phi) is 3.16. The molecule has 0 saturated heterocycles. The van der Waals surface area contributed by atoms with Crippen molar-refractivity contribution in [2.45, 2.75) is 39.7 Å². The molecular formula is C15H20NO2+. The van der Waals surface area contributed by atoms with Gasteiger partial charge in [0.2, 0.25) is 5.52 Å². The third-order valence-corrected chi connectivity index (χ3v) is 3.26. The molecule has 0 spiro atoms. The Morgan fingerprint density at radius 2 is 1.78 bits per heavy atom. The van der Waals surface area contributed by atoms with Crippen LogP contribution in [0.2, 0.25) is 0 Å². The van der Waals surface area contributed by atoms with Crippen LogP contribution in [0.1, 0.15) is 45.2 Å². The number of aromatic nitrogens is 1. The van der Waals surface area contributed by atoms with E-state index in [0.29, 0.717) is 11.4 Å². The van der Waals surface area contributed by atoms with Crippen molar-refractivity contribution in [3.05, 3.63) is 30.0 Å². The molecule has 2 N–H and O–H groups in total. The minimum atomic E-state index is -0.0484. The van der Waals surface area contributed by atoms with Crippen molar-refractivity contribution in [3.63, 3.8) is 0 Å². The molecule has 96 valence electrons. The standard InChI is InChI=1S/C15H19NO2/c1-9(2)12-8-13(17)15(18)11-6-5-7-16(10(3)4)14(11)12/h5-10,17H,1-4H3/p+1. The third-order valence-electron chi connectivity index (χ3n) is 3.26. The fraction of sp³-hybridized carbons (Fsp3) is 0.400. The molecule has 0 bridgehead atoms. The van der Waals surface area contributed by atoms with E-state index in [-0.39, 0.29) is 17.4 Å². The van der Waals surface area contributed by atoms with E-state index in [1.54, 1.807) is 6.07 Å². The monoisotopic (exact) mass is 246 g/mol. The average Bonchev–Trinajstić information content (AvgIpc) is 2.32. The zero-order valence-corrected chi connectivity index (χ0v) is 11.3. The molecule has 0 unspecified atom stereocenters. The molecule has 1 heterocycles. The van der Waals surface area contributed by atoms with Crippen molar-refractivity contribution in [1.29, 1.82) is 0 Å². The Morgan fingerprint density at radius 3 is 2.33 bits per heavy atom. The molecule has 0 saturated carbocycles. The van der Waals surface area contributed by atoms with Gasteiger partial charge in [-0.3, -0.25) is 0 Å². The van der Waals surface area contributed by atoms with E-state index in [0.717, 1.165) is 11.1 Å². The summed E-state index contributed by atoms with van der Waals surface area (Å²) in [5, 5.41) is 20.5. The molecule has 18 heavy (non-hydrogen) atoms. The molecule has 3 heteroatoms. The van der Waals surface area contributed by atoms with Crippen LogP contribution in [0.15, 0.2) is 24.4 Å². The summed E-state index contributed by atoms with van der Waals surface area (Å²) < 4.78 is 2.13. The van der Waals surface area contributed by atoms with Gasteiger partial charge in [-0.2, -0.15) is 4.57 Å². The van der Waals surface area contributed by atoms with E-state index in [4.69, 9.17) is 0 Å². The number of nitrogens with zero attached hydrogens (tertiary/aromatic N) is 1. The van der Waals surface area contributed by atoms with Gasteiger partial charge >= 0.3 is 0 Å².